The van der Waals surface area contributed by atoms with Crippen LogP contribution in [0.2, 0.25) is 0 Å². The van der Waals surface area contributed by atoms with Crippen molar-refractivity contribution in [2.24, 2.45) is 49.3 Å². The van der Waals surface area contributed by atoms with Crippen LogP contribution >= 0.6 is 0 Å². The topological polar surface area (TPSA) is 39.1 Å². The Bertz CT molecular complexity index is 5640. The summed E-state index contributed by atoms with van der Waals surface area (Å²) in [5.74, 6) is 6.79. The van der Waals surface area contributed by atoms with Crippen molar-refractivity contribution in [3.8, 4) is 68.2 Å². The molecule has 10 aromatic carbocycles. The van der Waals surface area contributed by atoms with Crippen LogP contribution in [-0.4, -0.2) is 18.3 Å². The van der Waals surface area contributed by atoms with Gasteiger partial charge in [-0.1, -0.05) is 213 Å². The van der Waals surface area contributed by atoms with E-state index in [2.05, 4.69) is 404 Å². The molecule has 9 nitrogen and oxygen atoms in total. The van der Waals surface area contributed by atoms with Crippen molar-refractivity contribution in [2.45, 2.75) is 127 Å². The van der Waals surface area contributed by atoms with E-state index in [4.69, 9.17) is 4.11 Å². The highest BCUT2D eigenvalue weighted by Gasteiger charge is 2.32. The number of rotatable bonds is 11. The van der Waals surface area contributed by atoms with Crippen LogP contribution in [0.1, 0.15) is 144 Å². The minimum Gasteiger partial charge on any atom is -0.233 e. The third-order valence-electron chi connectivity index (χ3n) is 21.0. The van der Waals surface area contributed by atoms with E-state index in [0.29, 0.717) is 29.2 Å². The highest BCUT2D eigenvalue weighted by Crippen LogP contribution is 2.39. The van der Waals surface area contributed by atoms with Gasteiger partial charge in [0.1, 0.15) is 43.2 Å². The highest BCUT2D eigenvalue weighted by molar-refractivity contribution is 5.82. The van der Waals surface area contributed by atoms with E-state index >= 15 is 0 Å². The number of pyridine rings is 1. The number of aryl methyl sites for hydroxylation is 13. The Morgan fingerprint density at radius 3 is 1.23 bits per heavy atom. The number of benzene rings is 10. The maximum absolute atomic E-state index is 7.78. The molecule has 0 N–H and O–H groups in total. The van der Waals surface area contributed by atoms with Crippen LogP contribution < -0.4 is 22.8 Å². The molecule has 0 aliphatic heterocycles. The minimum absolute atomic E-state index is 0.431. The largest absolute Gasteiger partial charge is 0.295 e. The SMILES string of the molecule is Cc1ccccc1-c1n(-c2c(C(C)C)cccc2C(C)C)c2ccccc2[n+]1C.Cc1ccccc1-c1n(-c2c(C(C)C)cccc2C(C)C)cc[n+]1C.Cc1ccccc1-c1n(C)c2ccccc2[n+]1C.Cc1ccccc1-c1n(C)cc[n+]1C.[2H]C([2H])([2H])c1cc(C)cc(-c2ccc3ccccc3[n+]2C)c1C. The molecule has 0 amide bonds. The van der Waals surface area contributed by atoms with E-state index in [1.54, 1.807) is 6.07 Å². The number of hydrogen-bond donors (Lipinski definition) is 0. The van der Waals surface area contributed by atoms with Gasteiger partial charge in [0.05, 0.1) is 64.5 Å². The fourth-order valence-corrected chi connectivity index (χ4v) is 15.2. The molecule has 0 saturated carbocycles. The van der Waals surface area contributed by atoms with E-state index in [1.807, 2.05) is 33.0 Å². The van der Waals surface area contributed by atoms with Gasteiger partial charge in [0.15, 0.2) is 22.1 Å². The molecule has 0 unspecified atom stereocenters. The first kappa shape index (κ1) is 71.9. The summed E-state index contributed by atoms with van der Waals surface area (Å²) in [4.78, 5) is 0. The number of para-hydroxylation sites is 7. The molecule has 0 aliphatic rings. The van der Waals surface area contributed by atoms with Gasteiger partial charge in [0, 0.05) is 49.4 Å². The predicted octanol–water partition coefficient (Wildman–Crippen LogP) is 21.3. The van der Waals surface area contributed by atoms with Crippen LogP contribution in [0.4, 0.5) is 0 Å². The lowest BCUT2D eigenvalue weighted by molar-refractivity contribution is -0.659. The molecule has 0 aliphatic carbocycles. The van der Waals surface area contributed by atoms with Crippen molar-refractivity contribution in [1.29, 1.82) is 0 Å². The second-order valence-corrected chi connectivity index (χ2v) is 29.9. The summed E-state index contributed by atoms with van der Waals surface area (Å²) in [6.45, 7) is 28.7. The molecule has 15 aromatic rings. The van der Waals surface area contributed by atoms with Gasteiger partial charge in [-0.25, -0.2) is 27.4 Å². The van der Waals surface area contributed by atoms with E-state index in [9.17, 15) is 0 Å². The van der Waals surface area contributed by atoms with E-state index < -0.39 is 6.85 Å². The minimum atomic E-state index is -2.10. The normalized spacial score (nSPS) is 11.8. The Labute approximate surface area is 636 Å². The number of imidazole rings is 4. The standard InChI is InChI=1S/C27H31N2.C23H29N2.C19H20N.C16H17N2.C12H15N2/c1-18(2)21-14-11-15-22(19(3)4)26(21)29-25-17-10-9-16-24(25)28(6)27(29)23-13-8-7-12-20(23)5;1-16(2)19-12-9-13-20(17(3)4)22(19)25-15-14-24(6)23(25)21-11-8-7-10-18(21)5;1-13-11-14(2)15(3)17(12-13)19-10-9-16-7-5-6-8-18(16)20(19)4;1-12-8-4-5-9-13(12)16-17(2)14-10-6-7-11-15(14)18(16)3;1-10-6-4-5-7-11(10)12-13(2)8-9-14(12)3/h7-19H,1-6H3;7-17H,1-6H3;5-12H,1-4H3;4-11H,1-3H3;4-9H,1-3H3/q5*+1/i;;2D3;;. The van der Waals surface area contributed by atoms with Gasteiger partial charge in [-0.05, 0) is 172 Å². The molecule has 0 saturated heterocycles. The van der Waals surface area contributed by atoms with Crippen LogP contribution in [0.3, 0.4) is 0 Å². The smallest absolute Gasteiger partial charge is 0.233 e. The second kappa shape index (κ2) is 33.0. The van der Waals surface area contributed by atoms with E-state index in [1.165, 1.54) is 129 Å². The summed E-state index contributed by atoms with van der Waals surface area (Å²) < 4.78 is 43.7. The molecule has 0 atom stereocenters. The molecule has 540 valence electrons. The van der Waals surface area contributed by atoms with Crippen molar-refractivity contribution in [1.82, 2.24) is 18.3 Å². The molecular weight excluding hydrogens is 1290 g/mol. The zero-order chi connectivity index (χ0) is 78.4. The summed E-state index contributed by atoms with van der Waals surface area (Å²) in [6, 6.07) is 81.3. The first-order valence-corrected chi connectivity index (χ1v) is 37.5. The number of fused-ring (bicyclic) bond motifs is 3. The van der Waals surface area contributed by atoms with Gasteiger partial charge < -0.3 is 0 Å². The van der Waals surface area contributed by atoms with Crippen LogP contribution in [0.25, 0.3) is 101 Å². The number of hydrogen-bond acceptors (Lipinski definition) is 0. The van der Waals surface area contributed by atoms with Crippen LogP contribution in [0.15, 0.2) is 255 Å². The fraction of sp³-hybridized carbons (Fsp3) is 0.268. The first-order chi connectivity index (χ1) is 52.0. The molecule has 0 radical (unpaired) electrons. The molecule has 0 bridgehead atoms. The Hall–Kier alpha value is -11.0. The van der Waals surface area contributed by atoms with Gasteiger partial charge in [-0.3, -0.25) is 0 Å². The molecule has 15 rings (SSSR count). The average molecular weight is 1410 g/mol. The summed E-state index contributed by atoms with van der Waals surface area (Å²) >= 11 is 0. The van der Waals surface area contributed by atoms with Crippen molar-refractivity contribution in [2.75, 3.05) is 0 Å². The lowest BCUT2D eigenvalue weighted by atomic mass is 9.92. The molecule has 0 fully saturated rings. The van der Waals surface area contributed by atoms with Gasteiger partial charge in [-0.2, -0.15) is 13.7 Å². The maximum atomic E-state index is 7.78. The predicted molar refractivity (Wildman–Crippen MR) is 444 cm³/mol. The van der Waals surface area contributed by atoms with Crippen molar-refractivity contribution in [3.05, 3.63) is 317 Å². The summed E-state index contributed by atoms with van der Waals surface area (Å²) in [5, 5.41) is 1.17. The van der Waals surface area contributed by atoms with Crippen molar-refractivity contribution in [3.63, 3.8) is 0 Å². The molecule has 5 aromatic heterocycles. The molecular formula is C97H112N9+5. The van der Waals surface area contributed by atoms with Gasteiger partial charge in [-0.15, -0.1) is 0 Å². The van der Waals surface area contributed by atoms with Crippen molar-refractivity contribution >= 4 is 33.0 Å². The Balaban J connectivity index is 0.000000138. The summed E-state index contributed by atoms with van der Waals surface area (Å²) in [7, 11) is 14.7. The molecule has 0 spiro atoms. The third kappa shape index (κ3) is 15.5. The second-order valence-electron chi connectivity index (χ2n) is 29.9. The number of aromatic nitrogens is 9. The van der Waals surface area contributed by atoms with Gasteiger partial charge >= 0.3 is 0 Å². The quantitative estimate of drug-likeness (QED) is 0.116. The molecule has 106 heavy (non-hydrogen) atoms. The van der Waals surface area contributed by atoms with Gasteiger partial charge in [0.2, 0.25) is 11.2 Å². The highest BCUT2D eigenvalue weighted by atomic mass is 15.2. The van der Waals surface area contributed by atoms with Crippen molar-refractivity contribution < 1.29 is 26.9 Å². The molecule has 5 heterocycles. The van der Waals surface area contributed by atoms with Crippen LogP contribution in [-0.2, 0) is 49.3 Å². The van der Waals surface area contributed by atoms with Gasteiger partial charge in [0.25, 0.3) is 23.3 Å². The van der Waals surface area contributed by atoms with E-state index in [0.717, 1.165) is 27.9 Å². The third-order valence-corrected chi connectivity index (χ3v) is 21.0. The lowest BCUT2D eigenvalue weighted by Gasteiger charge is -2.18. The van der Waals surface area contributed by atoms with Crippen LogP contribution in [0.5, 0.6) is 0 Å². The van der Waals surface area contributed by atoms with E-state index in [-0.39, 0.29) is 0 Å². The first-order valence-electron chi connectivity index (χ1n) is 39.0. The Kier molecular flexibility index (Phi) is 22.4. The zero-order valence-electron chi connectivity index (χ0n) is 69.6. The molecule has 9 heteroatoms. The maximum Gasteiger partial charge on any atom is 0.295 e. The van der Waals surface area contributed by atoms with Crippen LogP contribution in [0, 0.1) is 48.4 Å². The summed E-state index contributed by atoms with van der Waals surface area (Å²) in [6.07, 6.45) is 8.50. The zero-order valence-corrected chi connectivity index (χ0v) is 66.6. The summed E-state index contributed by atoms with van der Waals surface area (Å²) in [5.41, 5.74) is 29.0. The average Bonchev–Trinajstić information content (AvgIpc) is 1.59. The lowest BCUT2D eigenvalue weighted by Crippen LogP contribution is -2.32. The monoisotopic (exact) mass is 1410 g/mol. The number of nitrogens with zero attached hydrogens (tertiary/aromatic N) is 9. The Morgan fingerprint density at radius 1 is 0.340 bits per heavy atom. The Morgan fingerprint density at radius 2 is 0.745 bits per heavy atom. The fourth-order valence-electron chi connectivity index (χ4n) is 15.2.